The second-order valence-corrected chi connectivity index (χ2v) is 1.39. The van der Waals surface area contributed by atoms with Crippen LogP contribution in [0.1, 0.15) is 19.4 Å². The van der Waals surface area contributed by atoms with Gasteiger partial charge in [0.1, 0.15) is 0 Å². The normalized spacial score (nSPS) is 6.90. The van der Waals surface area contributed by atoms with Gasteiger partial charge in [-0.05, 0) is 12.1 Å². The van der Waals surface area contributed by atoms with E-state index in [4.69, 9.17) is 6.42 Å². The maximum absolute atomic E-state index is 5.06. The molecular weight excluding hydrogens is 122 g/mol. The molecule has 0 amide bonds. The van der Waals surface area contributed by atoms with Gasteiger partial charge < -0.3 is 0 Å². The van der Waals surface area contributed by atoms with Gasteiger partial charge in [0.25, 0.3) is 0 Å². The lowest BCUT2D eigenvalue weighted by atomic mass is 10.3. The molecule has 0 spiro atoms. The Morgan fingerprint density at radius 2 is 2.20 bits per heavy atom. The van der Waals surface area contributed by atoms with Crippen molar-refractivity contribution in [2.75, 3.05) is 0 Å². The second-order valence-electron chi connectivity index (χ2n) is 1.39. The van der Waals surface area contributed by atoms with Gasteiger partial charge in [-0.1, -0.05) is 19.8 Å². The van der Waals surface area contributed by atoms with Crippen LogP contribution in [0.2, 0.25) is 0 Å². The molecule has 0 aromatic carbocycles. The molecule has 1 aromatic heterocycles. The summed E-state index contributed by atoms with van der Waals surface area (Å²) in [5.74, 6) is 2.46. The van der Waals surface area contributed by atoms with E-state index in [1.807, 2.05) is 26.0 Å². The molecule has 0 saturated heterocycles. The lowest BCUT2D eigenvalue weighted by molar-refractivity contribution is 1.31. The molecule has 0 aliphatic carbocycles. The average molecular weight is 133 g/mol. The van der Waals surface area contributed by atoms with Gasteiger partial charge in [0.2, 0.25) is 0 Å². The summed E-state index contributed by atoms with van der Waals surface area (Å²) < 4.78 is 0. The topological polar surface area (TPSA) is 12.9 Å². The van der Waals surface area contributed by atoms with Crippen LogP contribution in [0.5, 0.6) is 0 Å². The third kappa shape index (κ3) is 2.88. The summed E-state index contributed by atoms with van der Waals surface area (Å²) in [6, 6.07) is 3.65. The molecular formula is C9H11N. The van der Waals surface area contributed by atoms with E-state index in [1.54, 1.807) is 12.4 Å². The summed E-state index contributed by atoms with van der Waals surface area (Å²) in [4.78, 5) is 3.81. The van der Waals surface area contributed by atoms with Gasteiger partial charge in [-0.2, -0.15) is 0 Å². The Hall–Kier alpha value is -1.29. The van der Waals surface area contributed by atoms with E-state index in [1.165, 1.54) is 0 Å². The zero-order valence-electron chi connectivity index (χ0n) is 6.33. The summed E-state index contributed by atoms with van der Waals surface area (Å²) in [6.07, 6.45) is 8.41. The van der Waals surface area contributed by atoms with E-state index in [0.717, 1.165) is 5.56 Å². The van der Waals surface area contributed by atoms with Crippen molar-refractivity contribution in [1.29, 1.82) is 0 Å². The Kier molecular flexibility index (Phi) is 5.09. The van der Waals surface area contributed by atoms with Gasteiger partial charge in [-0.15, -0.1) is 6.42 Å². The number of nitrogens with zero attached hydrogens (tertiary/aromatic N) is 1. The fourth-order valence-corrected chi connectivity index (χ4v) is 0.448. The van der Waals surface area contributed by atoms with Crippen molar-refractivity contribution >= 4 is 0 Å². The quantitative estimate of drug-likeness (QED) is 0.494. The van der Waals surface area contributed by atoms with Crippen molar-refractivity contribution in [2.24, 2.45) is 0 Å². The lowest BCUT2D eigenvalue weighted by Crippen LogP contribution is -1.72. The zero-order chi connectivity index (χ0) is 7.82. The van der Waals surface area contributed by atoms with E-state index in [9.17, 15) is 0 Å². The molecule has 52 valence electrons. The molecule has 1 rings (SSSR count). The van der Waals surface area contributed by atoms with E-state index < -0.39 is 0 Å². The third-order valence-electron chi connectivity index (χ3n) is 0.828. The summed E-state index contributed by atoms with van der Waals surface area (Å²) in [7, 11) is 0. The Labute approximate surface area is 62.1 Å². The summed E-state index contributed by atoms with van der Waals surface area (Å²) in [5, 5.41) is 0. The summed E-state index contributed by atoms with van der Waals surface area (Å²) >= 11 is 0. The Morgan fingerprint density at radius 3 is 2.50 bits per heavy atom. The van der Waals surface area contributed by atoms with Gasteiger partial charge in [-0.3, -0.25) is 4.98 Å². The molecule has 1 heterocycles. The Bertz CT molecular complexity index is 196. The lowest BCUT2D eigenvalue weighted by Gasteiger charge is -1.81. The molecule has 0 radical (unpaired) electrons. The minimum absolute atomic E-state index is 0.826. The molecule has 1 nitrogen and oxygen atoms in total. The number of terminal acetylenes is 1. The zero-order valence-corrected chi connectivity index (χ0v) is 6.33. The minimum atomic E-state index is 0.826. The summed E-state index contributed by atoms with van der Waals surface area (Å²) in [5.41, 5.74) is 0.826. The van der Waals surface area contributed by atoms with Crippen molar-refractivity contribution < 1.29 is 0 Å². The first-order chi connectivity index (χ1) is 4.93. The fraction of sp³-hybridized carbons (Fsp3) is 0.222. The molecule has 0 aliphatic heterocycles. The van der Waals surface area contributed by atoms with Crippen molar-refractivity contribution in [3.05, 3.63) is 30.1 Å². The predicted molar refractivity (Wildman–Crippen MR) is 43.5 cm³/mol. The first-order valence-electron chi connectivity index (χ1n) is 3.30. The third-order valence-corrected chi connectivity index (χ3v) is 0.828. The van der Waals surface area contributed by atoms with Crippen LogP contribution in [0.4, 0.5) is 0 Å². The minimum Gasteiger partial charge on any atom is -0.263 e. The maximum atomic E-state index is 5.06. The molecule has 1 heteroatoms. The second kappa shape index (κ2) is 5.84. The van der Waals surface area contributed by atoms with Gasteiger partial charge >= 0.3 is 0 Å². The van der Waals surface area contributed by atoms with Crippen LogP contribution in [0.15, 0.2) is 24.5 Å². The highest BCUT2D eigenvalue weighted by atomic mass is 14.6. The summed E-state index contributed by atoms with van der Waals surface area (Å²) in [6.45, 7) is 4.00. The molecule has 10 heavy (non-hydrogen) atoms. The molecule has 0 saturated carbocycles. The van der Waals surface area contributed by atoms with Crippen molar-refractivity contribution in [3.63, 3.8) is 0 Å². The molecule has 0 N–H and O–H groups in total. The smallest absolute Gasteiger partial charge is 0.0426 e. The molecule has 0 bridgehead atoms. The monoisotopic (exact) mass is 133 g/mol. The van der Waals surface area contributed by atoms with Crippen LogP contribution in [0.25, 0.3) is 0 Å². The predicted octanol–water partition coefficient (Wildman–Crippen LogP) is 2.09. The van der Waals surface area contributed by atoms with Crippen molar-refractivity contribution in [3.8, 4) is 12.3 Å². The van der Waals surface area contributed by atoms with E-state index in [0.29, 0.717) is 0 Å². The van der Waals surface area contributed by atoms with Crippen molar-refractivity contribution in [1.82, 2.24) is 4.98 Å². The van der Waals surface area contributed by atoms with Crippen LogP contribution in [-0.2, 0) is 0 Å². The Morgan fingerprint density at radius 1 is 1.50 bits per heavy atom. The molecule has 1 aromatic rings. The molecule has 0 unspecified atom stereocenters. The highest BCUT2D eigenvalue weighted by Crippen LogP contribution is 1.89. The van der Waals surface area contributed by atoms with Gasteiger partial charge in [0.05, 0.1) is 0 Å². The Balaban J connectivity index is 0.000000371. The van der Waals surface area contributed by atoms with Crippen LogP contribution in [0, 0.1) is 12.3 Å². The number of pyridine rings is 1. The number of hydrogen-bond acceptors (Lipinski definition) is 1. The highest BCUT2D eigenvalue weighted by molar-refractivity contribution is 5.27. The molecule has 0 aliphatic rings. The van der Waals surface area contributed by atoms with Crippen molar-refractivity contribution in [2.45, 2.75) is 13.8 Å². The van der Waals surface area contributed by atoms with E-state index in [-0.39, 0.29) is 0 Å². The number of rotatable bonds is 0. The fourth-order valence-electron chi connectivity index (χ4n) is 0.448. The van der Waals surface area contributed by atoms with Crippen LogP contribution < -0.4 is 0 Å². The molecule has 0 atom stereocenters. The van der Waals surface area contributed by atoms with E-state index in [2.05, 4.69) is 10.9 Å². The van der Waals surface area contributed by atoms with Crippen LogP contribution in [0.3, 0.4) is 0 Å². The first-order valence-corrected chi connectivity index (χ1v) is 3.30. The molecule has 0 fully saturated rings. The number of hydrogen-bond donors (Lipinski definition) is 0. The van der Waals surface area contributed by atoms with E-state index >= 15 is 0 Å². The standard InChI is InChI=1S/C7H5N.C2H6/c1-2-7-4-3-5-8-6-7;1-2/h1,3-6H;1-2H3. The first kappa shape index (κ1) is 8.71. The SMILES string of the molecule is C#Cc1cccnc1.CC. The number of aromatic nitrogens is 1. The van der Waals surface area contributed by atoms with Gasteiger partial charge in [0, 0.05) is 18.0 Å². The highest BCUT2D eigenvalue weighted by Gasteiger charge is 1.77. The largest absolute Gasteiger partial charge is 0.263 e. The maximum Gasteiger partial charge on any atom is 0.0426 e. The van der Waals surface area contributed by atoms with Gasteiger partial charge in [-0.25, -0.2) is 0 Å². The van der Waals surface area contributed by atoms with Crippen LogP contribution in [-0.4, -0.2) is 4.98 Å². The van der Waals surface area contributed by atoms with Gasteiger partial charge in [0.15, 0.2) is 0 Å². The average Bonchev–Trinajstić information content (AvgIpc) is 2.10. The van der Waals surface area contributed by atoms with Crippen LogP contribution >= 0.6 is 0 Å².